The summed E-state index contributed by atoms with van der Waals surface area (Å²) in [6, 6.07) is 5.62. The van der Waals surface area contributed by atoms with E-state index in [1.165, 1.54) is 0 Å². The molecule has 0 aliphatic heterocycles. The van der Waals surface area contributed by atoms with Crippen LogP contribution < -0.4 is 10.5 Å². The molecule has 2 N–H and O–H groups in total. The fourth-order valence-electron chi connectivity index (χ4n) is 1.48. The molecule has 0 heterocycles. The quantitative estimate of drug-likeness (QED) is 0.736. The van der Waals surface area contributed by atoms with Crippen molar-refractivity contribution in [2.75, 3.05) is 19.8 Å². The number of benzene rings is 1. The maximum Gasteiger partial charge on any atom is 0.138 e. The Bertz CT molecular complexity index is 356. The van der Waals surface area contributed by atoms with Gasteiger partial charge in [0.2, 0.25) is 0 Å². The summed E-state index contributed by atoms with van der Waals surface area (Å²) in [5, 5.41) is 0.596. The van der Waals surface area contributed by atoms with Gasteiger partial charge in [-0.3, -0.25) is 0 Å². The molecule has 0 saturated carbocycles. The van der Waals surface area contributed by atoms with Crippen LogP contribution in [0.5, 0.6) is 5.75 Å². The van der Waals surface area contributed by atoms with Crippen molar-refractivity contribution in [3.8, 4) is 5.75 Å². The van der Waals surface area contributed by atoms with E-state index in [0.29, 0.717) is 24.0 Å². The molecule has 18 heavy (non-hydrogen) atoms. The molecule has 0 bridgehead atoms. The molecule has 0 aliphatic rings. The number of rotatable bonds is 8. The van der Waals surface area contributed by atoms with Gasteiger partial charge in [-0.05, 0) is 31.0 Å². The molecule has 0 fully saturated rings. The third-order valence-electron chi connectivity index (χ3n) is 2.61. The van der Waals surface area contributed by atoms with Crippen molar-refractivity contribution in [2.24, 2.45) is 5.73 Å². The molecule has 0 aliphatic carbocycles. The lowest BCUT2D eigenvalue weighted by Gasteiger charge is -2.11. The average Bonchev–Trinajstić information content (AvgIpc) is 2.35. The van der Waals surface area contributed by atoms with Gasteiger partial charge in [-0.1, -0.05) is 31.0 Å². The van der Waals surface area contributed by atoms with Crippen molar-refractivity contribution in [1.82, 2.24) is 0 Å². The highest BCUT2D eigenvalue weighted by molar-refractivity contribution is 6.32. The van der Waals surface area contributed by atoms with Crippen molar-refractivity contribution >= 4 is 11.6 Å². The van der Waals surface area contributed by atoms with Crippen molar-refractivity contribution in [3.63, 3.8) is 0 Å². The molecule has 0 radical (unpaired) electrons. The summed E-state index contributed by atoms with van der Waals surface area (Å²) in [4.78, 5) is 0. The molecule has 0 amide bonds. The molecule has 0 spiro atoms. The first-order chi connectivity index (χ1) is 8.65. The number of hydrogen-bond donors (Lipinski definition) is 1. The van der Waals surface area contributed by atoms with Gasteiger partial charge in [0.1, 0.15) is 12.4 Å². The molecule has 102 valence electrons. The van der Waals surface area contributed by atoms with Crippen molar-refractivity contribution < 1.29 is 9.47 Å². The smallest absolute Gasteiger partial charge is 0.138 e. The largest absolute Gasteiger partial charge is 0.490 e. The lowest BCUT2D eigenvalue weighted by molar-refractivity contribution is 0.0981. The molecule has 1 atom stereocenters. The van der Waals surface area contributed by atoms with Gasteiger partial charge in [0.25, 0.3) is 0 Å². The predicted octanol–water partition coefficient (Wildman–Crippen LogP) is 3.56. The third kappa shape index (κ3) is 5.25. The number of unbranched alkanes of at least 4 members (excludes halogenated alkanes) is 1. The highest BCUT2D eigenvalue weighted by atomic mass is 35.5. The molecular formula is C14H22ClNO2. The van der Waals surface area contributed by atoms with E-state index in [9.17, 15) is 0 Å². The van der Waals surface area contributed by atoms with E-state index in [4.69, 9.17) is 26.8 Å². The van der Waals surface area contributed by atoms with Crippen LogP contribution in [0, 0.1) is 0 Å². The van der Waals surface area contributed by atoms with Crippen LogP contribution in [-0.2, 0) is 4.74 Å². The number of hydrogen-bond acceptors (Lipinski definition) is 3. The second-order valence-corrected chi connectivity index (χ2v) is 4.70. The van der Waals surface area contributed by atoms with E-state index < -0.39 is 0 Å². The lowest BCUT2D eigenvalue weighted by Crippen LogP contribution is -2.08. The SMILES string of the molecule is CCCCOCCOc1ccc(C(C)N)cc1Cl. The Hall–Kier alpha value is -0.770. The van der Waals surface area contributed by atoms with Crippen molar-refractivity contribution in [2.45, 2.75) is 32.7 Å². The Morgan fingerprint density at radius 3 is 2.67 bits per heavy atom. The van der Waals surface area contributed by atoms with Gasteiger partial charge in [0.15, 0.2) is 0 Å². The van der Waals surface area contributed by atoms with Crippen LogP contribution in [0.1, 0.15) is 38.3 Å². The maximum absolute atomic E-state index is 6.11. The summed E-state index contributed by atoms with van der Waals surface area (Å²) >= 11 is 6.11. The van der Waals surface area contributed by atoms with Crippen molar-refractivity contribution in [1.29, 1.82) is 0 Å². The van der Waals surface area contributed by atoms with Crippen LogP contribution in [0.4, 0.5) is 0 Å². The van der Waals surface area contributed by atoms with E-state index in [-0.39, 0.29) is 6.04 Å². The molecule has 0 saturated heterocycles. The second kappa shape index (κ2) is 8.35. The molecule has 1 aromatic rings. The van der Waals surface area contributed by atoms with Gasteiger partial charge in [-0.15, -0.1) is 0 Å². The van der Waals surface area contributed by atoms with Crippen LogP contribution in [0.2, 0.25) is 5.02 Å². The summed E-state index contributed by atoms with van der Waals surface area (Å²) < 4.78 is 11.0. The van der Waals surface area contributed by atoms with E-state index in [0.717, 1.165) is 25.0 Å². The zero-order valence-corrected chi connectivity index (χ0v) is 11.9. The highest BCUT2D eigenvalue weighted by Crippen LogP contribution is 2.27. The van der Waals surface area contributed by atoms with Crippen LogP contribution in [0.15, 0.2) is 18.2 Å². The Labute approximate surface area is 114 Å². The van der Waals surface area contributed by atoms with E-state index in [2.05, 4.69) is 6.92 Å². The number of ether oxygens (including phenoxy) is 2. The number of nitrogens with two attached hydrogens (primary N) is 1. The minimum absolute atomic E-state index is 0.0195. The predicted molar refractivity (Wildman–Crippen MR) is 75.3 cm³/mol. The monoisotopic (exact) mass is 271 g/mol. The summed E-state index contributed by atoms with van der Waals surface area (Å²) in [7, 11) is 0. The Morgan fingerprint density at radius 1 is 1.28 bits per heavy atom. The Balaban J connectivity index is 2.34. The summed E-state index contributed by atoms with van der Waals surface area (Å²) in [6.07, 6.45) is 2.23. The van der Waals surface area contributed by atoms with Crippen LogP contribution in [0.3, 0.4) is 0 Å². The van der Waals surface area contributed by atoms with Crippen LogP contribution >= 0.6 is 11.6 Å². The third-order valence-corrected chi connectivity index (χ3v) is 2.90. The van der Waals surface area contributed by atoms with Crippen LogP contribution in [-0.4, -0.2) is 19.8 Å². The molecule has 1 unspecified atom stereocenters. The van der Waals surface area contributed by atoms with Gasteiger partial charge in [0, 0.05) is 12.6 Å². The Morgan fingerprint density at radius 2 is 2.06 bits per heavy atom. The normalized spacial score (nSPS) is 12.4. The molecule has 4 heteroatoms. The minimum atomic E-state index is -0.0195. The zero-order valence-electron chi connectivity index (χ0n) is 11.1. The van der Waals surface area contributed by atoms with Gasteiger partial charge in [-0.25, -0.2) is 0 Å². The molecule has 3 nitrogen and oxygen atoms in total. The van der Waals surface area contributed by atoms with Gasteiger partial charge in [0.05, 0.1) is 11.6 Å². The van der Waals surface area contributed by atoms with Crippen molar-refractivity contribution in [3.05, 3.63) is 28.8 Å². The van der Waals surface area contributed by atoms with Gasteiger partial charge >= 0.3 is 0 Å². The van der Waals surface area contributed by atoms with E-state index in [1.807, 2.05) is 25.1 Å². The molecule has 1 rings (SSSR count). The summed E-state index contributed by atoms with van der Waals surface area (Å²) in [6.45, 7) is 5.96. The molecule has 0 aromatic heterocycles. The van der Waals surface area contributed by atoms with Gasteiger partial charge < -0.3 is 15.2 Å². The maximum atomic E-state index is 6.11. The Kier molecular flexibility index (Phi) is 7.09. The lowest BCUT2D eigenvalue weighted by atomic mass is 10.1. The molecular weight excluding hydrogens is 250 g/mol. The summed E-state index contributed by atoms with van der Waals surface area (Å²) in [5.41, 5.74) is 6.79. The standard InChI is InChI=1S/C14H22ClNO2/c1-3-4-7-17-8-9-18-14-6-5-12(11(2)16)10-13(14)15/h5-6,10-11H,3-4,7-9,16H2,1-2H3. The minimum Gasteiger partial charge on any atom is -0.490 e. The first kappa shape index (κ1) is 15.3. The second-order valence-electron chi connectivity index (χ2n) is 4.29. The molecule has 1 aromatic carbocycles. The van der Waals surface area contributed by atoms with E-state index in [1.54, 1.807) is 0 Å². The number of halogens is 1. The first-order valence-corrected chi connectivity index (χ1v) is 6.78. The summed E-state index contributed by atoms with van der Waals surface area (Å²) in [5.74, 6) is 0.681. The van der Waals surface area contributed by atoms with E-state index >= 15 is 0 Å². The first-order valence-electron chi connectivity index (χ1n) is 6.40. The highest BCUT2D eigenvalue weighted by Gasteiger charge is 2.05. The fourth-order valence-corrected chi connectivity index (χ4v) is 1.72. The average molecular weight is 272 g/mol. The topological polar surface area (TPSA) is 44.5 Å². The van der Waals surface area contributed by atoms with Gasteiger partial charge in [-0.2, -0.15) is 0 Å². The van der Waals surface area contributed by atoms with Crippen LogP contribution in [0.25, 0.3) is 0 Å². The zero-order chi connectivity index (χ0) is 13.4. The fraction of sp³-hybridized carbons (Fsp3) is 0.571.